The molecular formula is C14H14N4S. The molecule has 5 heteroatoms. The van der Waals surface area contributed by atoms with Gasteiger partial charge < -0.3 is 4.98 Å². The number of fused-ring (bicyclic) bond motifs is 1. The second-order valence-corrected chi connectivity index (χ2v) is 5.00. The van der Waals surface area contributed by atoms with Crippen molar-refractivity contribution in [1.82, 2.24) is 19.5 Å². The molecule has 0 spiro atoms. The van der Waals surface area contributed by atoms with E-state index in [1.165, 1.54) is 0 Å². The minimum Gasteiger partial charge on any atom is -0.329 e. The van der Waals surface area contributed by atoms with Gasteiger partial charge in [0.2, 0.25) is 0 Å². The molecule has 3 aromatic rings. The fraction of sp³-hybridized carbons (Fsp3) is 0.214. The van der Waals surface area contributed by atoms with Crippen molar-refractivity contribution >= 4 is 23.4 Å². The maximum absolute atomic E-state index is 5.37. The maximum atomic E-state index is 5.37. The van der Waals surface area contributed by atoms with Crippen LogP contribution in [0.25, 0.3) is 11.2 Å². The van der Waals surface area contributed by atoms with E-state index in [-0.39, 0.29) is 0 Å². The van der Waals surface area contributed by atoms with Crippen LogP contribution in [0.5, 0.6) is 0 Å². The minimum atomic E-state index is 0.636. The van der Waals surface area contributed by atoms with Crippen molar-refractivity contribution in [2.75, 3.05) is 0 Å². The molecule has 0 aromatic carbocycles. The van der Waals surface area contributed by atoms with Gasteiger partial charge in [-0.3, -0.25) is 9.55 Å². The van der Waals surface area contributed by atoms with E-state index in [9.17, 15) is 0 Å². The van der Waals surface area contributed by atoms with Crippen LogP contribution in [-0.2, 0) is 6.54 Å². The van der Waals surface area contributed by atoms with E-state index in [4.69, 9.17) is 12.2 Å². The van der Waals surface area contributed by atoms with Crippen molar-refractivity contribution in [3.63, 3.8) is 0 Å². The topological polar surface area (TPSA) is 46.5 Å². The van der Waals surface area contributed by atoms with E-state index in [1.54, 1.807) is 0 Å². The highest BCUT2D eigenvalue weighted by molar-refractivity contribution is 7.71. The first-order valence-corrected chi connectivity index (χ1v) is 6.53. The lowest BCUT2D eigenvalue weighted by Crippen LogP contribution is -2.03. The second kappa shape index (κ2) is 4.59. The van der Waals surface area contributed by atoms with Gasteiger partial charge in [0.15, 0.2) is 10.4 Å². The Labute approximate surface area is 116 Å². The van der Waals surface area contributed by atoms with Crippen LogP contribution < -0.4 is 0 Å². The van der Waals surface area contributed by atoms with E-state index in [0.29, 0.717) is 11.3 Å². The summed E-state index contributed by atoms with van der Waals surface area (Å²) in [7, 11) is 0. The third-order valence-electron chi connectivity index (χ3n) is 3.02. The molecule has 0 atom stereocenters. The molecule has 0 unspecified atom stereocenters. The largest absolute Gasteiger partial charge is 0.329 e. The fourth-order valence-electron chi connectivity index (χ4n) is 2.12. The van der Waals surface area contributed by atoms with Crippen LogP contribution in [0.4, 0.5) is 0 Å². The molecular weight excluding hydrogens is 256 g/mol. The molecule has 0 aliphatic heterocycles. The summed E-state index contributed by atoms with van der Waals surface area (Å²) in [6.45, 7) is 4.60. The number of aryl methyl sites for hydroxylation is 2. The number of rotatable bonds is 2. The summed E-state index contributed by atoms with van der Waals surface area (Å²) in [5, 5.41) is 0. The van der Waals surface area contributed by atoms with Gasteiger partial charge in [-0.1, -0.05) is 6.07 Å². The highest BCUT2D eigenvalue weighted by Crippen LogP contribution is 2.14. The number of pyridine rings is 2. The molecule has 0 radical (unpaired) electrons. The molecule has 0 fully saturated rings. The Balaban J connectivity index is 2.12. The van der Waals surface area contributed by atoms with Crippen LogP contribution in [-0.4, -0.2) is 19.5 Å². The van der Waals surface area contributed by atoms with Gasteiger partial charge >= 0.3 is 0 Å². The molecule has 0 saturated heterocycles. The number of hydrogen-bond acceptors (Lipinski definition) is 3. The van der Waals surface area contributed by atoms with Crippen molar-refractivity contribution in [3.8, 4) is 0 Å². The van der Waals surface area contributed by atoms with Crippen LogP contribution in [0.2, 0.25) is 0 Å². The third kappa shape index (κ3) is 2.29. The van der Waals surface area contributed by atoms with E-state index in [0.717, 1.165) is 28.2 Å². The number of aromatic nitrogens is 4. The molecule has 3 aromatic heterocycles. The van der Waals surface area contributed by atoms with E-state index in [2.05, 4.69) is 15.0 Å². The first kappa shape index (κ1) is 12.0. The monoisotopic (exact) mass is 270 g/mol. The molecule has 3 rings (SSSR count). The van der Waals surface area contributed by atoms with Crippen molar-refractivity contribution in [2.45, 2.75) is 20.4 Å². The highest BCUT2D eigenvalue weighted by Gasteiger charge is 2.07. The van der Waals surface area contributed by atoms with Gasteiger partial charge in [0.25, 0.3) is 0 Å². The third-order valence-corrected chi connectivity index (χ3v) is 3.35. The standard InChI is InChI=1S/C14H14N4S/c1-9-4-3-5-11(15-9)8-18-13-12(17-14(18)19)7-6-10(2)16-13/h3-7H,8H2,1-2H3,(H,17,19). The second-order valence-electron chi connectivity index (χ2n) is 4.61. The van der Waals surface area contributed by atoms with Gasteiger partial charge in [-0.2, -0.15) is 0 Å². The number of H-pyrrole nitrogens is 1. The fourth-order valence-corrected chi connectivity index (χ4v) is 2.38. The average molecular weight is 270 g/mol. The number of imidazole rings is 1. The van der Waals surface area contributed by atoms with Gasteiger partial charge in [0, 0.05) is 11.4 Å². The Morgan fingerprint density at radius 2 is 1.89 bits per heavy atom. The van der Waals surface area contributed by atoms with Gasteiger partial charge in [-0.15, -0.1) is 0 Å². The van der Waals surface area contributed by atoms with Gasteiger partial charge in [-0.25, -0.2) is 4.98 Å². The molecule has 19 heavy (non-hydrogen) atoms. The van der Waals surface area contributed by atoms with Gasteiger partial charge in [0.1, 0.15) is 0 Å². The zero-order valence-corrected chi connectivity index (χ0v) is 11.7. The zero-order chi connectivity index (χ0) is 13.4. The average Bonchev–Trinajstić information content (AvgIpc) is 2.66. The number of hydrogen-bond donors (Lipinski definition) is 1. The number of nitrogens with one attached hydrogen (secondary N) is 1. The van der Waals surface area contributed by atoms with Crippen LogP contribution >= 0.6 is 12.2 Å². The van der Waals surface area contributed by atoms with Crippen molar-refractivity contribution in [2.24, 2.45) is 0 Å². The Morgan fingerprint density at radius 3 is 2.68 bits per heavy atom. The van der Waals surface area contributed by atoms with Crippen LogP contribution in [0.3, 0.4) is 0 Å². The summed E-state index contributed by atoms with van der Waals surface area (Å²) in [5.41, 5.74) is 4.82. The normalized spacial score (nSPS) is 11.1. The summed E-state index contributed by atoms with van der Waals surface area (Å²) in [6, 6.07) is 9.98. The lowest BCUT2D eigenvalue weighted by atomic mass is 10.3. The maximum Gasteiger partial charge on any atom is 0.179 e. The molecule has 3 heterocycles. The quantitative estimate of drug-likeness (QED) is 0.728. The van der Waals surface area contributed by atoms with Gasteiger partial charge in [-0.05, 0) is 50.3 Å². The SMILES string of the molecule is Cc1cccc(Cn2c(=S)[nH]c3ccc(C)nc32)n1. The predicted octanol–water partition coefficient (Wildman–Crippen LogP) is 3.15. The van der Waals surface area contributed by atoms with Crippen LogP contribution in [0.15, 0.2) is 30.3 Å². The first-order valence-electron chi connectivity index (χ1n) is 6.12. The van der Waals surface area contributed by atoms with E-state index in [1.807, 2.05) is 48.7 Å². The summed E-state index contributed by atoms with van der Waals surface area (Å²) < 4.78 is 2.66. The highest BCUT2D eigenvalue weighted by atomic mass is 32.1. The number of aromatic amines is 1. The molecule has 4 nitrogen and oxygen atoms in total. The summed E-state index contributed by atoms with van der Waals surface area (Å²) in [5.74, 6) is 0. The molecule has 0 aliphatic rings. The Kier molecular flexibility index (Phi) is 2.91. The first-order chi connectivity index (χ1) is 9.13. The van der Waals surface area contributed by atoms with E-state index < -0.39 is 0 Å². The molecule has 0 saturated carbocycles. The Bertz CT molecular complexity index is 801. The molecule has 0 bridgehead atoms. The Morgan fingerprint density at radius 1 is 1.11 bits per heavy atom. The zero-order valence-electron chi connectivity index (χ0n) is 10.8. The Hall–Kier alpha value is -2.01. The van der Waals surface area contributed by atoms with Crippen LogP contribution in [0, 0.1) is 18.6 Å². The van der Waals surface area contributed by atoms with Gasteiger partial charge in [0.05, 0.1) is 17.8 Å². The predicted molar refractivity (Wildman–Crippen MR) is 77.7 cm³/mol. The van der Waals surface area contributed by atoms with Crippen molar-refractivity contribution in [3.05, 3.63) is 52.2 Å². The summed E-state index contributed by atoms with van der Waals surface area (Å²) >= 11 is 5.37. The lowest BCUT2D eigenvalue weighted by Gasteiger charge is -2.04. The van der Waals surface area contributed by atoms with Crippen molar-refractivity contribution < 1.29 is 0 Å². The van der Waals surface area contributed by atoms with Crippen LogP contribution in [0.1, 0.15) is 17.1 Å². The smallest absolute Gasteiger partial charge is 0.179 e. The molecule has 1 N–H and O–H groups in total. The summed E-state index contributed by atoms with van der Waals surface area (Å²) in [4.78, 5) is 12.2. The number of nitrogens with zero attached hydrogens (tertiary/aromatic N) is 3. The molecule has 96 valence electrons. The van der Waals surface area contributed by atoms with E-state index >= 15 is 0 Å². The minimum absolute atomic E-state index is 0.636. The molecule has 0 amide bonds. The molecule has 0 aliphatic carbocycles. The summed E-state index contributed by atoms with van der Waals surface area (Å²) in [6.07, 6.45) is 0. The lowest BCUT2D eigenvalue weighted by molar-refractivity contribution is 0.772. The van der Waals surface area contributed by atoms with Crippen molar-refractivity contribution in [1.29, 1.82) is 0 Å².